The van der Waals surface area contributed by atoms with E-state index < -0.39 is 0 Å². The van der Waals surface area contributed by atoms with Gasteiger partial charge in [-0.1, -0.05) is 6.07 Å². The van der Waals surface area contributed by atoms with Crippen LogP contribution in [0.1, 0.15) is 19.4 Å². The summed E-state index contributed by atoms with van der Waals surface area (Å²) >= 11 is 4.98. The van der Waals surface area contributed by atoms with Gasteiger partial charge in [-0.05, 0) is 54.4 Å². The van der Waals surface area contributed by atoms with Crippen LogP contribution in [0.2, 0.25) is 0 Å². The van der Waals surface area contributed by atoms with Crippen LogP contribution in [0.4, 0.5) is 5.69 Å². The van der Waals surface area contributed by atoms with Crippen molar-refractivity contribution in [2.24, 2.45) is 5.73 Å². The van der Waals surface area contributed by atoms with Crippen LogP contribution in [0.3, 0.4) is 0 Å². The standard InChI is InChI=1S/C13H19BrN2OS/c1-9-4-5-11(10(14)6-9)16-12(17)7-18-8-13(2,3)15/h4-6H,7-8,15H2,1-3H3,(H,16,17). The van der Waals surface area contributed by atoms with Crippen LogP contribution in [-0.2, 0) is 4.79 Å². The minimum Gasteiger partial charge on any atom is -0.325 e. The number of hydrogen-bond acceptors (Lipinski definition) is 3. The van der Waals surface area contributed by atoms with Crippen molar-refractivity contribution < 1.29 is 4.79 Å². The quantitative estimate of drug-likeness (QED) is 0.871. The Bertz CT molecular complexity index is 429. The monoisotopic (exact) mass is 330 g/mol. The number of aryl methyl sites for hydroxylation is 1. The Morgan fingerprint density at radius 3 is 2.72 bits per heavy atom. The molecule has 0 fully saturated rings. The zero-order valence-corrected chi connectivity index (χ0v) is 13.3. The largest absolute Gasteiger partial charge is 0.325 e. The van der Waals surface area contributed by atoms with Gasteiger partial charge in [0.15, 0.2) is 0 Å². The second kappa shape index (κ2) is 6.59. The van der Waals surface area contributed by atoms with Crippen molar-refractivity contribution in [1.82, 2.24) is 0 Å². The normalized spacial score (nSPS) is 11.4. The van der Waals surface area contributed by atoms with E-state index in [-0.39, 0.29) is 11.4 Å². The molecule has 0 aliphatic carbocycles. The number of nitrogens with one attached hydrogen (secondary N) is 1. The summed E-state index contributed by atoms with van der Waals surface area (Å²) in [6, 6.07) is 5.84. The molecule has 3 N–H and O–H groups in total. The van der Waals surface area contributed by atoms with E-state index in [9.17, 15) is 4.79 Å². The molecule has 0 aliphatic heterocycles. The van der Waals surface area contributed by atoms with Crippen molar-refractivity contribution in [3.8, 4) is 0 Å². The lowest BCUT2D eigenvalue weighted by Gasteiger charge is -2.17. The van der Waals surface area contributed by atoms with E-state index in [4.69, 9.17) is 5.73 Å². The summed E-state index contributed by atoms with van der Waals surface area (Å²) in [4.78, 5) is 11.7. The van der Waals surface area contributed by atoms with Gasteiger partial charge in [-0.2, -0.15) is 11.8 Å². The van der Waals surface area contributed by atoms with Gasteiger partial charge in [-0.25, -0.2) is 0 Å². The van der Waals surface area contributed by atoms with Crippen LogP contribution in [0.15, 0.2) is 22.7 Å². The van der Waals surface area contributed by atoms with Crippen LogP contribution >= 0.6 is 27.7 Å². The summed E-state index contributed by atoms with van der Waals surface area (Å²) in [7, 11) is 0. The maximum Gasteiger partial charge on any atom is 0.234 e. The maximum absolute atomic E-state index is 11.7. The molecule has 0 spiro atoms. The van der Waals surface area contributed by atoms with Crippen molar-refractivity contribution in [3.05, 3.63) is 28.2 Å². The number of carbonyl (C=O) groups is 1. The fourth-order valence-corrected chi connectivity index (χ4v) is 2.79. The summed E-state index contributed by atoms with van der Waals surface area (Å²) in [6.07, 6.45) is 0. The first kappa shape index (κ1) is 15.5. The number of benzene rings is 1. The number of carbonyl (C=O) groups excluding carboxylic acids is 1. The number of anilines is 1. The molecule has 100 valence electrons. The number of halogens is 1. The molecule has 0 aromatic heterocycles. The SMILES string of the molecule is Cc1ccc(NC(=O)CSCC(C)(C)N)c(Br)c1. The number of hydrogen-bond donors (Lipinski definition) is 2. The van der Waals surface area contributed by atoms with Gasteiger partial charge in [0.25, 0.3) is 0 Å². The van der Waals surface area contributed by atoms with Crippen molar-refractivity contribution in [3.63, 3.8) is 0 Å². The summed E-state index contributed by atoms with van der Waals surface area (Å²) < 4.78 is 0.903. The fraction of sp³-hybridized carbons (Fsp3) is 0.462. The van der Waals surface area contributed by atoms with Crippen molar-refractivity contribution in [2.45, 2.75) is 26.3 Å². The molecule has 1 rings (SSSR count). The highest BCUT2D eigenvalue weighted by Crippen LogP contribution is 2.23. The van der Waals surface area contributed by atoms with E-state index in [1.165, 1.54) is 0 Å². The number of rotatable bonds is 5. The smallest absolute Gasteiger partial charge is 0.234 e. The van der Waals surface area contributed by atoms with Crippen LogP contribution in [-0.4, -0.2) is 23.0 Å². The third kappa shape index (κ3) is 5.89. The Balaban J connectivity index is 2.45. The first-order valence-electron chi connectivity index (χ1n) is 5.70. The van der Waals surface area contributed by atoms with Crippen LogP contribution in [0.25, 0.3) is 0 Å². The van der Waals surface area contributed by atoms with E-state index in [1.54, 1.807) is 11.8 Å². The molecular formula is C13H19BrN2OS. The van der Waals surface area contributed by atoms with Crippen molar-refractivity contribution in [1.29, 1.82) is 0 Å². The second-order valence-corrected chi connectivity index (χ2v) is 6.85. The molecule has 0 aliphatic rings. The summed E-state index contributed by atoms with van der Waals surface area (Å²) in [5.74, 6) is 1.17. The zero-order chi connectivity index (χ0) is 13.8. The van der Waals surface area contributed by atoms with E-state index >= 15 is 0 Å². The Labute approximate surface area is 121 Å². The highest BCUT2D eigenvalue weighted by atomic mass is 79.9. The van der Waals surface area contributed by atoms with Crippen molar-refractivity contribution >= 4 is 39.3 Å². The molecule has 18 heavy (non-hydrogen) atoms. The maximum atomic E-state index is 11.7. The van der Waals surface area contributed by atoms with Crippen LogP contribution in [0, 0.1) is 6.92 Å². The molecule has 0 heterocycles. The predicted molar refractivity (Wildman–Crippen MR) is 83.1 cm³/mol. The molecule has 0 saturated carbocycles. The molecule has 0 unspecified atom stereocenters. The first-order valence-corrected chi connectivity index (χ1v) is 7.65. The lowest BCUT2D eigenvalue weighted by atomic mass is 10.1. The third-order valence-corrected chi connectivity index (χ3v) is 4.18. The molecule has 3 nitrogen and oxygen atoms in total. The Kier molecular flexibility index (Phi) is 5.69. The molecule has 1 aromatic rings. The van der Waals surface area contributed by atoms with Gasteiger partial charge in [0, 0.05) is 15.8 Å². The average molecular weight is 331 g/mol. The van der Waals surface area contributed by atoms with E-state index in [2.05, 4.69) is 21.2 Å². The second-order valence-electron chi connectivity index (χ2n) is 5.01. The van der Waals surface area contributed by atoms with Gasteiger partial charge in [0.2, 0.25) is 5.91 Å². The molecule has 5 heteroatoms. The molecule has 0 bridgehead atoms. The molecule has 1 aromatic carbocycles. The Morgan fingerprint density at radius 1 is 1.50 bits per heavy atom. The number of thioether (sulfide) groups is 1. The third-order valence-electron chi connectivity index (χ3n) is 2.11. The Hall–Kier alpha value is -0.520. The number of nitrogens with two attached hydrogens (primary N) is 1. The molecule has 1 amide bonds. The minimum absolute atomic E-state index is 0.00574. The number of amides is 1. The van der Waals surface area contributed by atoms with Crippen molar-refractivity contribution in [2.75, 3.05) is 16.8 Å². The van der Waals surface area contributed by atoms with Gasteiger partial charge in [-0.3, -0.25) is 4.79 Å². The Morgan fingerprint density at radius 2 is 2.17 bits per heavy atom. The lowest BCUT2D eigenvalue weighted by Crippen LogP contribution is -2.35. The molecular weight excluding hydrogens is 312 g/mol. The van der Waals surface area contributed by atoms with Gasteiger partial charge in [-0.15, -0.1) is 0 Å². The average Bonchev–Trinajstić information content (AvgIpc) is 2.20. The molecule has 0 radical (unpaired) electrons. The van der Waals surface area contributed by atoms with Gasteiger partial charge in [0.1, 0.15) is 0 Å². The van der Waals surface area contributed by atoms with Gasteiger partial charge in [0.05, 0.1) is 11.4 Å². The highest BCUT2D eigenvalue weighted by molar-refractivity contribution is 9.10. The molecule has 0 atom stereocenters. The summed E-state index contributed by atoms with van der Waals surface area (Å²) in [6.45, 7) is 5.92. The van der Waals surface area contributed by atoms with Crippen LogP contribution < -0.4 is 11.1 Å². The van der Waals surface area contributed by atoms with Gasteiger partial charge < -0.3 is 11.1 Å². The minimum atomic E-state index is -0.241. The fourth-order valence-electron chi connectivity index (χ4n) is 1.31. The summed E-state index contributed by atoms with van der Waals surface area (Å²) in [5, 5.41) is 2.88. The molecule has 0 saturated heterocycles. The predicted octanol–water partition coefficient (Wildman–Crippen LogP) is 3.17. The topological polar surface area (TPSA) is 55.1 Å². The highest BCUT2D eigenvalue weighted by Gasteiger charge is 2.12. The van der Waals surface area contributed by atoms with Crippen LogP contribution in [0.5, 0.6) is 0 Å². The van der Waals surface area contributed by atoms with E-state index in [1.807, 2.05) is 39.0 Å². The zero-order valence-electron chi connectivity index (χ0n) is 10.9. The van der Waals surface area contributed by atoms with Gasteiger partial charge >= 0.3 is 0 Å². The van der Waals surface area contributed by atoms with E-state index in [0.717, 1.165) is 21.5 Å². The lowest BCUT2D eigenvalue weighted by molar-refractivity contribution is -0.113. The summed E-state index contributed by atoms with van der Waals surface area (Å²) in [5.41, 5.74) is 7.57. The first-order chi connectivity index (χ1) is 8.28. The van der Waals surface area contributed by atoms with E-state index in [0.29, 0.717) is 5.75 Å².